The number of methoxy groups -OCH3 is 2. The van der Waals surface area contributed by atoms with E-state index in [1.54, 1.807) is 26.4 Å². The van der Waals surface area contributed by atoms with Gasteiger partial charge in [-0.2, -0.15) is 0 Å². The van der Waals surface area contributed by atoms with Crippen molar-refractivity contribution >= 4 is 11.6 Å². The molecular weight excluding hydrogens is 395 g/mol. The van der Waals surface area contributed by atoms with Crippen LogP contribution in [-0.4, -0.2) is 38.1 Å². The van der Waals surface area contributed by atoms with Gasteiger partial charge in [0.2, 0.25) is 5.91 Å². The largest absolute Gasteiger partial charge is 0.493 e. The second kappa shape index (κ2) is 9.18. The lowest BCUT2D eigenvalue weighted by molar-refractivity contribution is -0.117. The highest BCUT2D eigenvalue weighted by Crippen LogP contribution is 2.40. The second-order valence-corrected chi connectivity index (χ2v) is 7.49. The zero-order chi connectivity index (χ0) is 21.8. The number of carbonyl (C=O) groups is 1. The van der Waals surface area contributed by atoms with Gasteiger partial charge in [0.1, 0.15) is 5.82 Å². The van der Waals surface area contributed by atoms with Crippen LogP contribution in [0.4, 0.5) is 10.1 Å². The molecule has 0 aromatic heterocycles. The number of halogens is 1. The Balaban J connectivity index is 1.64. The van der Waals surface area contributed by atoms with Crippen LogP contribution in [0.1, 0.15) is 22.7 Å². The highest BCUT2D eigenvalue weighted by atomic mass is 19.1. The quantitative estimate of drug-likeness (QED) is 0.641. The SMILES string of the molecule is COc1cc2c(cc1OC)[C@H](c1ccccc1)N(CC(=O)Nc1ccc(F)cc1)CC2. The molecule has 3 aromatic carbocycles. The summed E-state index contributed by atoms with van der Waals surface area (Å²) in [5.74, 6) is 0.894. The fourth-order valence-corrected chi connectivity index (χ4v) is 4.11. The summed E-state index contributed by atoms with van der Waals surface area (Å²) in [5, 5.41) is 2.86. The van der Waals surface area contributed by atoms with Gasteiger partial charge in [0, 0.05) is 12.2 Å². The van der Waals surface area contributed by atoms with E-state index in [-0.39, 0.29) is 24.3 Å². The number of rotatable bonds is 6. The normalized spacial score (nSPS) is 15.8. The van der Waals surface area contributed by atoms with Crippen LogP contribution in [0.3, 0.4) is 0 Å². The zero-order valence-electron chi connectivity index (χ0n) is 17.6. The van der Waals surface area contributed by atoms with Crippen LogP contribution in [0, 0.1) is 5.82 Å². The van der Waals surface area contributed by atoms with Crippen molar-refractivity contribution in [1.82, 2.24) is 4.90 Å². The first-order chi connectivity index (χ1) is 15.1. The number of carbonyl (C=O) groups excluding carboxylic acids is 1. The molecule has 1 atom stereocenters. The monoisotopic (exact) mass is 420 g/mol. The molecule has 0 fully saturated rings. The van der Waals surface area contributed by atoms with Crippen LogP contribution < -0.4 is 14.8 Å². The average Bonchev–Trinajstić information content (AvgIpc) is 2.80. The summed E-state index contributed by atoms with van der Waals surface area (Å²) in [4.78, 5) is 14.9. The molecule has 3 aromatic rings. The van der Waals surface area contributed by atoms with Crippen molar-refractivity contribution in [1.29, 1.82) is 0 Å². The molecule has 0 radical (unpaired) electrons. The van der Waals surface area contributed by atoms with E-state index in [4.69, 9.17) is 9.47 Å². The first-order valence-corrected chi connectivity index (χ1v) is 10.2. The third-order valence-corrected chi connectivity index (χ3v) is 5.56. The number of benzene rings is 3. The van der Waals surface area contributed by atoms with Gasteiger partial charge in [-0.25, -0.2) is 4.39 Å². The molecule has 1 amide bonds. The summed E-state index contributed by atoms with van der Waals surface area (Å²) in [5.41, 5.74) is 3.96. The highest BCUT2D eigenvalue weighted by molar-refractivity contribution is 5.92. The topological polar surface area (TPSA) is 50.8 Å². The molecule has 0 bridgehead atoms. The molecule has 1 heterocycles. The molecule has 0 saturated carbocycles. The minimum absolute atomic E-state index is 0.0938. The molecule has 160 valence electrons. The Hall–Kier alpha value is -3.38. The molecule has 5 nitrogen and oxygen atoms in total. The van der Waals surface area contributed by atoms with E-state index in [1.165, 1.54) is 17.7 Å². The number of fused-ring (bicyclic) bond motifs is 1. The lowest BCUT2D eigenvalue weighted by atomic mass is 9.87. The Morgan fingerprint density at radius 2 is 1.71 bits per heavy atom. The number of amides is 1. The Labute approximate surface area is 181 Å². The van der Waals surface area contributed by atoms with Gasteiger partial charge < -0.3 is 14.8 Å². The Morgan fingerprint density at radius 3 is 2.39 bits per heavy atom. The van der Waals surface area contributed by atoms with E-state index in [2.05, 4.69) is 22.3 Å². The average molecular weight is 420 g/mol. The van der Waals surface area contributed by atoms with Crippen LogP contribution in [0.2, 0.25) is 0 Å². The van der Waals surface area contributed by atoms with E-state index < -0.39 is 0 Å². The van der Waals surface area contributed by atoms with E-state index in [0.29, 0.717) is 17.2 Å². The Morgan fingerprint density at radius 1 is 1.03 bits per heavy atom. The van der Waals surface area contributed by atoms with E-state index in [1.807, 2.05) is 30.3 Å². The Bertz CT molecular complexity index is 1050. The molecule has 1 N–H and O–H groups in total. The summed E-state index contributed by atoms with van der Waals surface area (Å²) in [7, 11) is 3.26. The Kier molecular flexibility index (Phi) is 6.18. The molecule has 4 rings (SSSR count). The third kappa shape index (κ3) is 4.54. The van der Waals surface area contributed by atoms with Gasteiger partial charge in [-0.1, -0.05) is 30.3 Å². The van der Waals surface area contributed by atoms with E-state index in [0.717, 1.165) is 24.1 Å². The summed E-state index contributed by atoms with van der Waals surface area (Å²) in [6, 6.07) is 19.9. The summed E-state index contributed by atoms with van der Waals surface area (Å²) < 4.78 is 24.2. The van der Waals surface area contributed by atoms with Crippen molar-refractivity contribution in [3.63, 3.8) is 0 Å². The summed E-state index contributed by atoms with van der Waals surface area (Å²) in [6.45, 7) is 0.934. The van der Waals surface area contributed by atoms with E-state index in [9.17, 15) is 9.18 Å². The molecule has 0 saturated heterocycles. The van der Waals surface area contributed by atoms with Gasteiger partial charge in [-0.05, 0) is 59.5 Å². The maximum atomic E-state index is 13.2. The molecular formula is C25H25FN2O3. The van der Waals surface area contributed by atoms with Crippen LogP contribution in [-0.2, 0) is 11.2 Å². The maximum Gasteiger partial charge on any atom is 0.238 e. The number of nitrogens with one attached hydrogen (secondary N) is 1. The van der Waals surface area contributed by atoms with Crippen molar-refractivity contribution in [3.05, 3.63) is 89.2 Å². The van der Waals surface area contributed by atoms with Crippen LogP contribution in [0.5, 0.6) is 11.5 Å². The van der Waals surface area contributed by atoms with Gasteiger partial charge >= 0.3 is 0 Å². The number of hydrogen-bond donors (Lipinski definition) is 1. The third-order valence-electron chi connectivity index (χ3n) is 5.56. The minimum atomic E-state index is -0.334. The zero-order valence-corrected chi connectivity index (χ0v) is 17.6. The summed E-state index contributed by atoms with van der Waals surface area (Å²) in [6.07, 6.45) is 0.794. The fraction of sp³-hybridized carbons (Fsp3) is 0.240. The number of ether oxygens (including phenoxy) is 2. The molecule has 1 aliphatic heterocycles. The number of hydrogen-bond acceptors (Lipinski definition) is 4. The highest BCUT2D eigenvalue weighted by Gasteiger charge is 2.31. The molecule has 1 aliphatic rings. The first-order valence-electron chi connectivity index (χ1n) is 10.2. The lowest BCUT2D eigenvalue weighted by Gasteiger charge is -2.37. The van der Waals surface area contributed by atoms with Crippen molar-refractivity contribution < 1.29 is 18.7 Å². The molecule has 6 heteroatoms. The van der Waals surface area contributed by atoms with Gasteiger partial charge in [0.15, 0.2) is 11.5 Å². The van der Waals surface area contributed by atoms with Gasteiger partial charge in [-0.15, -0.1) is 0 Å². The van der Waals surface area contributed by atoms with E-state index >= 15 is 0 Å². The van der Waals surface area contributed by atoms with Crippen molar-refractivity contribution in [2.24, 2.45) is 0 Å². The lowest BCUT2D eigenvalue weighted by Crippen LogP contribution is -2.41. The summed E-state index contributed by atoms with van der Waals surface area (Å²) >= 11 is 0. The van der Waals surface area contributed by atoms with Crippen molar-refractivity contribution in [2.75, 3.05) is 32.6 Å². The fourth-order valence-electron chi connectivity index (χ4n) is 4.11. The number of nitrogens with zero attached hydrogens (tertiary/aromatic N) is 1. The smallest absolute Gasteiger partial charge is 0.238 e. The van der Waals surface area contributed by atoms with Crippen molar-refractivity contribution in [2.45, 2.75) is 12.5 Å². The van der Waals surface area contributed by atoms with Gasteiger partial charge in [-0.3, -0.25) is 9.69 Å². The predicted octanol–water partition coefficient (Wildman–Crippen LogP) is 4.43. The molecule has 0 spiro atoms. The van der Waals surface area contributed by atoms with Crippen LogP contribution >= 0.6 is 0 Å². The molecule has 31 heavy (non-hydrogen) atoms. The molecule has 0 aliphatic carbocycles. The predicted molar refractivity (Wildman–Crippen MR) is 118 cm³/mol. The first kappa shape index (κ1) is 20.9. The van der Waals surface area contributed by atoms with Gasteiger partial charge in [0.25, 0.3) is 0 Å². The van der Waals surface area contributed by atoms with Crippen molar-refractivity contribution in [3.8, 4) is 11.5 Å². The second-order valence-electron chi connectivity index (χ2n) is 7.49. The van der Waals surface area contributed by atoms with Crippen LogP contribution in [0.15, 0.2) is 66.7 Å². The standard InChI is InChI=1S/C25H25FN2O3/c1-30-22-14-18-12-13-28(16-24(29)27-20-10-8-19(26)9-11-20)25(17-6-4-3-5-7-17)21(18)15-23(22)31-2/h3-11,14-15,25H,12-13,16H2,1-2H3,(H,27,29)/t25-/m0/s1. The minimum Gasteiger partial charge on any atom is -0.493 e. The maximum absolute atomic E-state index is 13.2. The van der Waals surface area contributed by atoms with Crippen LogP contribution in [0.25, 0.3) is 0 Å². The van der Waals surface area contributed by atoms with Gasteiger partial charge in [0.05, 0.1) is 26.8 Å². The number of anilines is 1. The molecule has 0 unspecified atom stereocenters.